The number of aromatic hydroxyl groups is 1. The van der Waals surface area contributed by atoms with E-state index in [0.717, 1.165) is 34.2 Å². The summed E-state index contributed by atoms with van der Waals surface area (Å²) in [5, 5.41) is 19.5. The molecule has 0 aliphatic heterocycles. The van der Waals surface area contributed by atoms with E-state index in [2.05, 4.69) is 19.2 Å². The zero-order valence-electron chi connectivity index (χ0n) is 19.5. The predicted octanol–water partition coefficient (Wildman–Crippen LogP) is 6.64. The highest BCUT2D eigenvalue weighted by atomic mass is 16.5. The molecule has 1 atom stereocenters. The van der Waals surface area contributed by atoms with Gasteiger partial charge in [0, 0.05) is 25.6 Å². The molecule has 1 unspecified atom stereocenters. The highest BCUT2D eigenvalue weighted by Crippen LogP contribution is 2.37. The van der Waals surface area contributed by atoms with Crippen molar-refractivity contribution in [2.24, 2.45) is 0 Å². The van der Waals surface area contributed by atoms with Gasteiger partial charge in [0.05, 0.1) is 0 Å². The molecule has 0 bridgehead atoms. The summed E-state index contributed by atoms with van der Waals surface area (Å²) in [6.45, 7) is 7.96. The maximum Gasteiger partial charge on any atom is 0.407 e. The van der Waals surface area contributed by atoms with Crippen molar-refractivity contribution in [3.63, 3.8) is 0 Å². The average molecular weight is 458 g/mol. The van der Waals surface area contributed by atoms with Crippen LogP contribution in [-0.2, 0) is 12.8 Å². The lowest BCUT2D eigenvalue weighted by molar-refractivity contribution is 0.140. The first-order valence-corrected chi connectivity index (χ1v) is 11.3. The Morgan fingerprint density at radius 2 is 1.76 bits per heavy atom. The lowest BCUT2D eigenvalue weighted by atomic mass is 9.97. The van der Waals surface area contributed by atoms with Gasteiger partial charge in [0.25, 0.3) is 0 Å². The summed E-state index contributed by atoms with van der Waals surface area (Å²) in [7, 11) is 1.55. The molecule has 3 aromatic rings. The van der Waals surface area contributed by atoms with Crippen LogP contribution in [0.25, 0.3) is 11.1 Å². The van der Waals surface area contributed by atoms with Crippen molar-refractivity contribution in [1.29, 1.82) is 0 Å². The largest absolute Gasteiger partial charge is 0.508 e. The maximum atomic E-state index is 11.3. The van der Waals surface area contributed by atoms with Gasteiger partial charge < -0.3 is 19.8 Å². The number of carbonyl (C=O) groups is 1. The fraction of sp³-hybridized carbons (Fsp3) is 0.207. The molecule has 34 heavy (non-hydrogen) atoms. The number of hydrogen-bond donors (Lipinski definition) is 2. The topological polar surface area (TPSA) is 70.0 Å². The summed E-state index contributed by atoms with van der Waals surface area (Å²) in [5.74, 6) is 0.919. The van der Waals surface area contributed by atoms with E-state index >= 15 is 0 Å². The number of allylic oxidation sites excluding steroid dienone is 2. The summed E-state index contributed by atoms with van der Waals surface area (Å²) in [5.41, 5.74) is 4.68. The van der Waals surface area contributed by atoms with Crippen molar-refractivity contribution >= 4 is 6.09 Å². The molecule has 0 saturated carbocycles. The van der Waals surface area contributed by atoms with Crippen molar-refractivity contribution < 1.29 is 19.7 Å². The first-order valence-electron chi connectivity index (χ1n) is 11.3. The molecule has 0 aliphatic rings. The van der Waals surface area contributed by atoms with Gasteiger partial charge in [-0.15, -0.1) is 13.2 Å². The van der Waals surface area contributed by atoms with Crippen molar-refractivity contribution in [3.8, 4) is 22.6 Å². The molecule has 5 nitrogen and oxygen atoms in total. The van der Waals surface area contributed by atoms with E-state index < -0.39 is 6.09 Å². The number of nitrogens with zero attached hydrogens (tertiary/aromatic N) is 1. The quantitative estimate of drug-likeness (QED) is 0.317. The number of benzene rings is 3. The van der Waals surface area contributed by atoms with Gasteiger partial charge in [-0.25, -0.2) is 4.79 Å². The lowest BCUT2D eigenvalue weighted by Gasteiger charge is -2.24. The van der Waals surface area contributed by atoms with E-state index in [0.29, 0.717) is 25.1 Å². The summed E-state index contributed by atoms with van der Waals surface area (Å²) < 4.78 is 6.55. The number of hydrogen-bond acceptors (Lipinski definition) is 3. The van der Waals surface area contributed by atoms with Gasteiger partial charge in [0.1, 0.15) is 17.6 Å². The summed E-state index contributed by atoms with van der Waals surface area (Å²) in [6, 6.07) is 21.4. The SMILES string of the molecule is C=CCc1ccc(OC(CCN(C)C(=O)O)c2ccccc2)c(-c2ccc(O)c(CC=C)c2)c1. The highest BCUT2D eigenvalue weighted by molar-refractivity contribution is 5.73. The predicted molar refractivity (Wildman–Crippen MR) is 136 cm³/mol. The molecule has 3 rings (SSSR count). The summed E-state index contributed by atoms with van der Waals surface area (Å²) in [4.78, 5) is 12.6. The van der Waals surface area contributed by atoms with Gasteiger partial charge in [-0.2, -0.15) is 0 Å². The van der Waals surface area contributed by atoms with Crippen LogP contribution in [0.2, 0.25) is 0 Å². The average Bonchev–Trinajstić information content (AvgIpc) is 2.84. The lowest BCUT2D eigenvalue weighted by Crippen LogP contribution is -2.27. The summed E-state index contributed by atoms with van der Waals surface area (Å²) >= 11 is 0. The van der Waals surface area contributed by atoms with E-state index in [1.165, 1.54) is 4.90 Å². The first kappa shape index (κ1) is 24.6. The molecule has 1 amide bonds. The Balaban J connectivity index is 2.02. The molecule has 0 spiro atoms. The van der Waals surface area contributed by atoms with Crippen LogP contribution in [0.5, 0.6) is 11.5 Å². The Kier molecular flexibility index (Phi) is 8.52. The highest BCUT2D eigenvalue weighted by Gasteiger charge is 2.19. The van der Waals surface area contributed by atoms with Crippen LogP contribution in [0.4, 0.5) is 4.79 Å². The van der Waals surface area contributed by atoms with Crippen molar-refractivity contribution in [2.75, 3.05) is 13.6 Å². The molecule has 0 aromatic heterocycles. The van der Waals surface area contributed by atoms with E-state index in [1.54, 1.807) is 19.2 Å². The molecule has 176 valence electrons. The van der Waals surface area contributed by atoms with Crippen molar-refractivity contribution in [1.82, 2.24) is 4.90 Å². The van der Waals surface area contributed by atoms with Crippen molar-refractivity contribution in [2.45, 2.75) is 25.4 Å². The second kappa shape index (κ2) is 11.8. The molecular formula is C29H31NO4. The summed E-state index contributed by atoms with van der Waals surface area (Å²) in [6.07, 6.45) is 4.07. The number of phenols is 1. The molecule has 0 aliphatic carbocycles. The second-order valence-corrected chi connectivity index (χ2v) is 8.17. The number of amides is 1. The van der Waals surface area contributed by atoms with E-state index in [1.807, 2.05) is 60.7 Å². The fourth-order valence-corrected chi connectivity index (χ4v) is 3.79. The standard InChI is InChI=1S/C29H31NO4/c1-4-9-21-13-16-28(25(19-21)23-14-15-26(31)24(20-23)10-5-2)34-27(17-18-30(3)29(32)33)22-11-7-6-8-12-22/h4-8,11-16,19-20,27,31H,1-2,9-10,17-18H2,3H3,(H,32,33). The van der Waals surface area contributed by atoms with Crippen LogP contribution in [0.15, 0.2) is 92.0 Å². The number of phenolic OH excluding ortho intramolecular Hbond substituents is 1. The van der Waals surface area contributed by atoms with Gasteiger partial charge in [0.15, 0.2) is 0 Å². The molecule has 2 N–H and O–H groups in total. The third-order valence-corrected chi connectivity index (χ3v) is 5.67. The van der Waals surface area contributed by atoms with Gasteiger partial charge >= 0.3 is 6.09 Å². The van der Waals surface area contributed by atoms with Crippen LogP contribution in [0, 0.1) is 0 Å². The zero-order chi connectivity index (χ0) is 24.5. The minimum Gasteiger partial charge on any atom is -0.508 e. The van der Waals surface area contributed by atoms with Gasteiger partial charge in [-0.3, -0.25) is 0 Å². The molecule has 5 heteroatoms. The van der Waals surface area contributed by atoms with Gasteiger partial charge in [-0.05, 0) is 59.4 Å². The molecule has 3 aromatic carbocycles. The van der Waals surface area contributed by atoms with Crippen LogP contribution in [0.1, 0.15) is 29.2 Å². The maximum absolute atomic E-state index is 11.3. The third-order valence-electron chi connectivity index (χ3n) is 5.67. The molecule has 0 radical (unpaired) electrons. The fourth-order valence-electron chi connectivity index (χ4n) is 3.79. The molecule has 0 heterocycles. The number of ether oxygens (including phenoxy) is 1. The van der Waals surface area contributed by atoms with Gasteiger partial charge in [-0.1, -0.05) is 54.6 Å². The van der Waals surface area contributed by atoms with Crippen LogP contribution < -0.4 is 4.74 Å². The van der Waals surface area contributed by atoms with Crippen LogP contribution in [-0.4, -0.2) is 34.8 Å². The normalized spacial score (nSPS) is 11.4. The van der Waals surface area contributed by atoms with E-state index in [4.69, 9.17) is 4.74 Å². The zero-order valence-corrected chi connectivity index (χ0v) is 19.5. The Bertz CT molecular complexity index is 1140. The minimum absolute atomic E-state index is 0.229. The van der Waals surface area contributed by atoms with E-state index in [-0.39, 0.29) is 11.9 Å². The molecular weight excluding hydrogens is 426 g/mol. The monoisotopic (exact) mass is 457 g/mol. The Hall–Kier alpha value is -3.99. The Morgan fingerprint density at radius 3 is 2.44 bits per heavy atom. The smallest absolute Gasteiger partial charge is 0.407 e. The van der Waals surface area contributed by atoms with E-state index in [9.17, 15) is 15.0 Å². The second-order valence-electron chi connectivity index (χ2n) is 8.17. The molecule has 0 saturated heterocycles. The number of rotatable bonds is 11. The number of carboxylic acid groups (broad SMARTS) is 1. The third kappa shape index (κ3) is 6.29. The van der Waals surface area contributed by atoms with Crippen LogP contribution >= 0.6 is 0 Å². The first-order chi connectivity index (χ1) is 16.4. The van der Waals surface area contributed by atoms with Gasteiger partial charge in [0.2, 0.25) is 0 Å². The minimum atomic E-state index is -0.972. The van der Waals surface area contributed by atoms with Crippen molar-refractivity contribution in [3.05, 3.63) is 109 Å². The molecule has 0 fully saturated rings. The Morgan fingerprint density at radius 1 is 1.03 bits per heavy atom. The van der Waals surface area contributed by atoms with Crippen LogP contribution in [0.3, 0.4) is 0 Å². The Labute approximate surface area is 201 Å².